The predicted octanol–water partition coefficient (Wildman–Crippen LogP) is 4.59. The van der Waals surface area contributed by atoms with Gasteiger partial charge in [0.1, 0.15) is 18.0 Å². The Morgan fingerprint density at radius 2 is 1.76 bits per heavy atom. The Labute approximate surface area is 220 Å². The fourth-order valence-corrected chi connectivity index (χ4v) is 9.90. The fraction of sp³-hybridized carbons (Fsp3) is 0.724. The monoisotopic (exact) mass is 532 g/mol. The summed E-state index contributed by atoms with van der Waals surface area (Å²) >= 11 is 0. The Hall–Kier alpha value is -1.77. The summed E-state index contributed by atoms with van der Waals surface area (Å²) in [6.45, 7) is 7.37. The maximum absolute atomic E-state index is 13.5. The Balaban J connectivity index is 1.41. The Morgan fingerprint density at radius 1 is 1.05 bits per heavy atom. The van der Waals surface area contributed by atoms with Gasteiger partial charge in [-0.05, 0) is 92.6 Å². The quantitative estimate of drug-likeness (QED) is 0.422. The predicted molar refractivity (Wildman–Crippen MR) is 137 cm³/mol. The Bertz CT molecular complexity index is 1190. The van der Waals surface area contributed by atoms with Gasteiger partial charge in [0.2, 0.25) is 0 Å². The maximum Gasteiger partial charge on any atom is 0.302 e. The van der Waals surface area contributed by atoms with E-state index in [-0.39, 0.29) is 52.5 Å². The van der Waals surface area contributed by atoms with E-state index in [0.717, 1.165) is 44.1 Å². The highest BCUT2D eigenvalue weighted by Gasteiger charge is 2.70. The van der Waals surface area contributed by atoms with Crippen LogP contribution in [0.3, 0.4) is 0 Å². The molecule has 204 valence electrons. The second-order valence-electron chi connectivity index (χ2n) is 12.8. The van der Waals surface area contributed by atoms with E-state index < -0.39 is 21.1 Å². The number of ether oxygens (including phenoxy) is 1. The number of carbonyl (C=O) groups is 2. The van der Waals surface area contributed by atoms with Gasteiger partial charge in [0, 0.05) is 13.3 Å². The summed E-state index contributed by atoms with van der Waals surface area (Å²) in [4.78, 5) is 25.0. The smallest absolute Gasteiger partial charge is 0.302 e. The van der Waals surface area contributed by atoms with Gasteiger partial charge in [-0.2, -0.15) is 8.42 Å². The van der Waals surface area contributed by atoms with E-state index in [2.05, 4.69) is 6.92 Å². The van der Waals surface area contributed by atoms with E-state index in [4.69, 9.17) is 8.92 Å². The topological polar surface area (TPSA) is 107 Å². The van der Waals surface area contributed by atoms with Crippen molar-refractivity contribution in [2.45, 2.75) is 89.6 Å². The van der Waals surface area contributed by atoms with Crippen LogP contribution in [0.5, 0.6) is 0 Å². The molecule has 1 aromatic rings. The van der Waals surface area contributed by atoms with E-state index in [9.17, 15) is 23.1 Å². The molecular formula is C29H40O7S. The number of benzene rings is 1. The lowest BCUT2D eigenvalue weighted by Gasteiger charge is -2.65. The minimum Gasteiger partial charge on any atom is -0.463 e. The van der Waals surface area contributed by atoms with Crippen molar-refractivity contribution in [3.05, 3.63) is 29.8 Å². The van der Waals surface area contributed by atoms with E-state index >= 15 is 0 Å². The minimum absolute atomic E-state index is 0.00382. The number of carbonyl (C=O) groups excluding carboxylic acids is 2. The van der Waals surface area contributed by atoms with Crippen molar-refractivity contribution in [3.63, 3.8) is 0 Å². The molecule has 4 unspecified atom stereocenters. The van der Waals surface area contributed by atoms with Gasteiger partial charge in [0.05, 0.1) is 16.9 Å². The van der Waals surface area contributed by atoms with Crippen LogP contribution >= 0.6 is 0 Å². The summed E-state index contributed by atoms with van der Waals surface area (Å²) < 4.78 is 36.9. The number of hydrogen-bond acceptors (Lipinski definition) is 7. The molecule has 7 nitrogen and oxygen atoms in total. The number of aliphatic hydroxyl groups is 1. The molecule has 2 bridgehead atoms. The first-order valence-corrected chi connectivity index (χ1v) is 15.0. The molecule has 8 heteroatoms. The van der Waals surface area contributed by atoms with Crippen LogP contribution in [0.15, 0.2) is 29.2 Å². The van der Waals surface area contributed by atoms with Crippen LogP contribution in [0.1, 0.15) is 77.7 Å². The molecule has 1 spiro atoms. The van der Waals surface area contributed by atoms with Gasteiger partial charge in [-0.15, -0.1) is 0 Å². The number of aryl methyl sites for hydroxylation is 1. The molecule has 0 aromatic heterocycles. The van der Waals surface area contributed by atoms with Gasteiger partial charge in [-0.25, -0.2) is 0 Å². The van der Waals surface area contributed by atoms with E-state index in [0.29, 0.717) is 18.8 Å². The van der Waals surface area contributed by atoms with Crippen LogP contribution < -0.4 is 0 Å². The molecule has 5 rings (SSSR count). The van der Waals surface area contributed by atoms with Crippen molar-refractivity contribution < 1.29 is 32.0 Å². The number of ketones is 1. The summed E-state index contributed by atoms with van der Waals surface area (Å²) in [5.74, 6) is 0.214. The molecule has 4 aliphatic carbocycles. The lowest BCUT2D eigenvalue weighted by Crippen LogP contribution is -2.62. The van der Waals surface area contributed by atoms with Crippen LogP contribution in [0, 0.1) is 40.9 Å². The SMILES string of the molecule is CC(=O)OC[C@@]1(O)CCC23CC1CC2CCC1[C@]3(C)CCC(=O)[C@@]1(C)COS(=O)(=O)c1ccc(C)cc1. The summed E-state index contributed by atoms with van der Waals surface area (Å²) in [6.07, 6.45) is 6.15. The third-order valence-electron chi connectivity index (χ3n) is 11.1. The lowest BCUT2D eigenvalue weighted by molar-refractivity contribution is -0.191. The zero-order valence-electron chi connectivity index (χ0n) is 22.4. The zero-order valence-corrected chi connectivity index (χ0v) is 23.2. The van der Waals surface area contributed by atoms with Crippen LogP contribution in [-0.4, -0.2) is 44.1 Å². The van der Waals surface area contributed by atoms with Crippen molar-refractivity contribution in [3.8, 4) is 0 Å². The normalized spacial score (nSPS) is 41.1. The number of Topliss-reactive ketones (excluding diaryl/α,β-unsaturated/α-hetero) is 1. The molecule has 37 heavy (non-hydrogen) atoms. The highest BCUT2D eigenvalue weighted by Crippen LogP contribution is 2.75. The second kappa shape index (κ2) is 8.88. The minimum atomic E-state index is -3.99. The maximum atomic E-state index is 13.5. The molecule has 0 amide bonds. The van der Waals surface area contributed by atoms with Gasteiger partial charge in [0.15, 0.2) is 0 Å². The van der Waals surface area contributed by atoms with Crippen molar-refractivity contribution in [2.75, 3.05) is 13.2 Å². The summed E-state index contributed by atoms with van der Waals surface area (Å²) in [7, 11) is -3.99. The number of esters is 1. The molecule has 0 heterocycles. The first-order valence-electron chi connectivity index (χ1n) is 13.6. The third-order valence-corrected chi connectivity index (χ3v) is 12.3. The molecule has 4 saturated carbocycles. The van der Waals surface area contributed by atoms with E-state index in [1.54, 1.807) is 24.3 Å². The average Bonchev–Trinajstić information content (AvgIpc) is 3.20. The van der Waals surface area contributed by atoms with E-state index in [1.165, 1.54) is 6.92 Å². The lowest BCUT2D eigenvalue weighted by atomic mass is 9.39. The fourth-order valence-electron chi connectivity index (χ4n) is 8.90. The molecule has 1 N–H and O–H groups in total. The van der Waals surface area contributed by atoms with Gasteiger partial charge < -0.3 is 9.84 Å². The zero-order chi connectivity index (χ0) is 26.9. The van der Waals surface area contributed by atoms with Gasteiger partial charge in [-0.1, -0.05) is 31.5 Å². The number of fused-ring (bicyclic) bond motifs is 2. The first kappa shape index (κ1) is 26.8. The van der Waals surface area contributed by atoms with Crippen molar-refractivity contribution >= 4 is 21.9 Å². The summed E-state index contributed by atoms with van der Waals surface area (Å²) in [5.41, 5.74) is -1.11. The van der Waals surface area contributed by atoms with Crippen LogP contribution in [0.25, 0.3) is 0 Å². The molecule has 4 aliphatic rings. The molecule has 1 aromatic carbocycles. The number of rotatable bonds is 6. The number of hydrogen-bond donors (Lipinski definition) is 1. The Morgan fingerprint density at radius 3 is 2.43 bits per heavy atom. The molecule has 0 radical (unpaired) electrons. The average molecular weight is 533 g/mol. The van der Waals surface area contributed by atoms with E-state index in [1.807, 2.05) is 13.8 Å². The van der Waals surface area contributed by atoms with Crippen molar-refractivity contribution in [1.82, 2.24) is 0 Å². The van der Waals surface area contributed by atoms with Crippen molar-refractivity contribution in [1.29, 1.82) is 0 Å². The largest absolute Gasteiger partial charge is 0.463 e. The molecule has 7 atom stereocenters. The molecular weight excluding hydrogens is 492 g/mol. The highest BCUT2D eigenvalue weighted by molar-refractivity contribution is 7.86. The molecule has 4 fully saturated rings. The summed E-state index contributed by atoms with van der Waals surface area (Å²) in [6, 6.07) is 6.57. The summed E-state index contributed by atoms with van der Waals surface area (Å²) in [5, 5.41) is 11.5. The van der Waals surface area contributed by atoms with Gasteiger partial charge in [0.25, 0.3) is 10.1 Å². The first-order chi connectivity index (χ1) is 17.3. The highest BCUT2D eigenvalue weighted by atomic mass is 32.2. The van der Waals surface area contributed by atoms with Crippen LogP contribution in [0.2, 0.25) is 0 Å². The van der Waals surface area contributed by atoms with Crippen molar-refractivity contribution in [2.24, 2.45) is 34.0 Å². The van der Waals surface area contributed by atoms with Gasteiger partial charge in [-0.3, -0.25) is 13.8 Å². The third kappa shape index (κ3) is 4.09. The molecule has 0 aliphatic heterocycles. The van der Waals surface area contributed by atoms with Crippen LogP contribution in [0.4, 0.5) is 0 Å². The second-order valence-corrected chi connectivity index (χ2v) is 14.4. The Kier molecular flexibility index (Phi) is 6.44. The van der Waals surface area contributed by atoms with Crippen LogP contribution in [-0.2, 0) is 28.6 Å². The standard InChI is InChI=1S/C29H40O7S/c1-19-5-8-23(9-6-19)37(33,34)36-17-26(3)24-10-7-21-15-22-16-28(21,27(24,4)12-11-25(26)31)13-14-29(22,32)18-35-20(2)30/h5-6,8-9,21-22,24,32H,7,10-18H2,1-4H3/t21?,22?,24?,26-,27-,28?,29-/m0/s1. The van der Waals surface area contributed by atoms with Gasteiger partial charge >= 0.3 is 5.97 Å². The molecule has 0 saturated heterocycles.